The lowest BCUT2D eigenvalue weighted by molar-refractivity contribution is -0.141. The molecule has 3 atom stereocenters. The molecule has 0 saturated carbocycles. The number of hydrogen-bond acceptors (Lipinski definition) is 5. The van der Waals surface area contributed by atoms with Crippen LogP contribution in [0.5, 0.6) is 11.5 Å². The monoisotopic (exact) mass is 462 g/mol. The Hall–Kier alpha value is -3.10. The summed E-state index contributed by atoms with van der Waals surface area (Å²) >= 11 is 0. The van der Waals surface area contributed by atoms with Crippen molar-refractivity contribution in [3.8, 4) is 23.3 Å². The number of methoxy groups -OCH3 is 1. The van der Waals surface area contributed by atoms with Crippen LogP contribution >= 0.6 is 0 Å². The lowest BCUT2D eigenvalue weighted by Crippen LogP contribution is -2.35. The molecule has 1 aliphatic rings. The quantitative estimate of drug-likeness (QED) is 0.345. The number of phenolic OH excluding ortho intramolecular Hbond substituents is 1. The Morgan fingerprint density at radius 1 is 1.06 bits per heavy atom. The summed E-state index contributed by atoms with van der Waals surface area (Å²) in [5.74, 6) is 5.14. The number of phenols is 1. The first kappa shape index (κ1) is 25.5. The maximum Gasteiger partial charge on any atom is 0.172 e. The van der Waals surface area contributed by atoms with Crippen molar-refractivity contribution in [2.24, 2.45) is 5.92 Å². The number of ether oxygens (including phenoxy) is 1. The number of unbranched alkanes of at least 4 members (excludes halogenated alkanes) is 3. The Kier molecular flexibility index (Phi) is 9.30. The molecule has 0 saturated heterocycles. The number of fused-ring (bicyclic) bond motifs is 1. The van der Waals surface area contributed by atoms with Crippen molar-refractivity contribution in [1.29, 1.82) is 0 Å². The zero-order valence-electron chi connectivity index (χ0n) is 20.0. The molecule has 5 heteroatoms. The van der Waals surface area contributed by atoms with Crippen molar-refractivity contribution in [2.75, 3.05) is 7.11 Å². The highest BCUT2D eigenvalue weighted by Gasteiger charge is 2.30. The Morgan fingerprint density at radius 3 is 2.53 bits per heavy atom. The molecule has 0 unspecified atom stereocenters. The van der Waals surface area contributed by atoms with Crippen molar-refractivity contribution < 1.29 is 24.5 Å². The first-order valence-corrected chi connectivity index (χ1v) is 12.1. The van der Waals surface area contributed by atoms with Crippen LogP contribution in [0.3, 0.4) is 0 Å². The highest BCUT2D eigenvalue weighted by molar-refractivity contribution is 6.06. The molecule has 2 aromatic carbocycles. The molecule has 1 aliphatic carbocycles. The molecule has 0 radical (unpaired) electrons. The summed E-state index contributed by atoms with van der Waals surface area (Å²) in [4.78, 5) is 25.7. The summed E-state index contributed by atoms with van der Waals surface area (Å²) in [6, 6.07) is 13.2. The van der Waals surface area contributed by atoms with E-state index in [2.05, 4.69) is 18.8 Å². The van der Waals surface area contributed by atoms with Crippen LogP contribution in [0.1, 0.15) is 74.5 Å². The number of Topliss-reactive ketones (excluding diaryl/α,β-unsaturated/α-hetero) is 2. The zero-order chi connectivity index (χ0) is 24.5. The minimum absolute atomic E-state index is 0.00594. The number of aliphatic hydroxyl groups is 1. The summed E-state index contributed by atoms with van der Waals surface area (Å²) in [6.45, 7) is 2.13. The highest BCUT2D eigenvalue weighted by atomic mass is 16.5. The number of aliphatic hydroxyl groups excluding tert-OH is 1. The molecule has 0 aliphatic heterocycles. The van der Waals surface area contributed by atoms with Gasteiger partial charge in [-0.1, -0.05) is 68.9 Å². The molecular weight excluding hydrogens is 428 g/mol. The van der Waals surface area contributed by atoms with E-state index in [9.17, 15) is 19.8 Å². The third kappa shape index (κ3) is 6.27. The first-order chi connectivity index (χ1) is 16.5. The lowest BCUT2D eigenvalue weighted by atomic mass is 9.83. The van der Waals surface area contributed by atoms with Crippen LogP contribution in [0.15, 0.2) is 42.5 Å². The molecule has 0 bridgehead atoms. The van der Waals surface area contributed by atoms with Crippen molar-refractivity contribution >= 4 is 11.6 Å². The molecule has 5 nitrogen and oxygen atoms in total. The molecule has 2 N–H and O–H groups in total. The van der Waals surface area contributed by atoms with Gasteiger partial charge < -0.3 is 14.9 Å². The van der Waals surface area contributed by atoms with E-state index in [-0.39, 0.29) is 24.5 Å². The van der Waals surface area contributed by atoms with Crippen LogP contribution in [-0.2, 0) is 16.0 Å². The highest BCUT2D eigenvalue weighted by Crippen LogP contribution is 2.36. The maximum absolute atomic E-state index is 13.0. The van der Waals surface area contributed by atoms with E-state index in [1.165, 1.54) is 7.11 Å². The summed E-state index contributed by atoms with van der Waals surface area (Å²) in [5, 5.41) is 21.0. The van der Waals surface area contributed by atoms with Crippen LogP contribution in [0.4, 0.5) is 0 Å². The maximum atomic E-state index is 13.0. The number of aromatic hydroxyl groups is 1. The predicted molar refractivity (Wildman–Crippen MR) is 132 cm³/mol. The fourth-order valence-electron chi connectivity index (χ4n) is 4.48. The molecule has 0 amide bonds. The summed E-state index contributed by atoms with van der Waals surface area (Å²) in [5.41, 5.74) is 2.56. The van der Waals surface area contributed by atoms with Crippen molar-refractivity contribution in [2.45, 2.75) is 70.3 Å². The third-order valence-corrected chi connectivity index (χ3v) is 6.50. The zero-order valence-corrected chi connectivity index (χ0v) is 20.0. The average Bonchev–Trinajstić information content (AvgIpc) is 2.86. The standard InChI is InChI=1S/C29H34O5/c1-3-4-5-7-13-21-14-10-15-23(20-11-8-6-9-12-20)24-19-26(31)27(34-2)18-22(24)16-17-25(30)29(33)28(21)32/h6,8-9,11-12,18-19,21,23,29,31,33H,3-5,7,13-14,16-17H2,1-2H3/t21-,23+,29-/m1/s1. The van der Waals surface area contributed by atoms with E-state index in [0.717, 1.165) is 42.4 Å². The van der Waals surface area contributed by atoms with Gasteiger partial charge in [0.1, 0.15) is 0 Å². The molecule has 180 valence electrons. The van der Waals surface area contributed by atoms with Gasteiger partial charge in [0.15, 0.2) is 29.2 Å². The van der Waals surface area contributed by atoms with Crippen LogP contribution in [0.25, 0.3) is 0 Å². The molecule has 0 spiro atoms. The van der Waals surface area contributed by atoms with Crippen LogP contribution in [0, 0.1) is 17.8 Å². The Labute approximate surface area is 202 Å². The summed E-state index contributed by atoms with van der Waals surface area (Å²) in [7, 11) is 1.47. The van der Waals surface area contributed by atoms with Gasteiger partial charge in [0.25, 0.3) is 0 Å². The SMILES string of the molecule is CCCCCC[C@@H]1CC#C[C@@H](c2ccccc2)c2cc(O)c(OC)cc2CCC(=O)[C@@H](O)C1=O. The smallest absolute Gasteiger partial charge is 0.172 e. The number of carbonyl (C=O) groups excluding carboxylic acids is 2. The number of rotatable bonds is 7. The van der Waals surface area contributed by atoms with E-state index in [4.69, 9.17) is 4.74 Å². The fourth-order valence-corrected chi connectivity index (χ4v) is 4.48. The molecule has 34 heavy (non-hydrogen) atoms. The van der Waals surface area contributed by atoms with E-state index in [1.807, 2.05) is 30.3 Å². The summed E-state index contributed by atoms with van der Waals surface area (Å²) in [6.07, 6.45) is 3.67. The van der Waals surface area contributed by atoms with Gasteiger partial charge in [0, 0.05) is 18.8 Å². The van der Waals surface area contributed by atoms with Gasteiger partial charge in [-0.25, -0.2) is 0 Å². The van der Waals surface area contributed by atoms with Crippen molar-refractivity contribution in [3.05, 3.63) is 59.2 Å². The second-order valence-electron chi connectivity index (χ2n) is 8.91. The Morgan fingerprint density at radius 2 is 1.82 bits per heavy atom. The number of aryl methyl sites for hydroxylation is 1. The van der Waals surface area contributed by atoms with E-state index in [0.29, 0.717) is 18.6 Å². The van der Waals surface area contributed by atoms with Gasteiger partial charge in [-0.05, 0) is 41.7 Å². The normalized spacial score (nSPS) is 21.0. The third-order valence-electron chi connectivity index (χ3n) is 6.50. The lowest BCUT2D eigenvalue weighted by Gasteiger charge is -2.21. The first-order valence-electron chi connectivity index (χ1n) is 12.1. The van der Waals surface area contributed by atoms with Gasteiger partial charge in [-0.3, -0.25) is 9.59 Å². The molecule has 0 aromatic heterocycles. The van der Waals surface area contributed by atoms with E-state index >= 15 is 0 Å². The number of carbonyl (C=O) groups is 2. The average molecular weight is 463 g/mol. The Bertz CT molecular complexity index is 1050. The van der Waals surface area contributed by atoms with Crippen molar-refractivity contribution in [1.82, 2.24) is 0 Å². The van der Waals surface area contributed by atoms with Gasteiger partial charge in [0.05, 0.1) is 13.0 Å². The second kappa shape index (κ2) is 12.4. The minimum atomic E-state index is -1.62. The van der Waals surface area contributed by atoms with Crippen LogP contribution < -0.4 is 4.74 Å². The molecule has 0 fully saturated rings. The van der Waals surface area contributed by atoms with Gasteiger partial charge in [-0.15, -0.1) is 5.92 Å². The van der Waals surface area contributed by atoms with Crippen LogP contribution in [0.2, 0.25) is 0 Å². The largest absolute Gasteiger partial charge is 0.504 e. The fraction of sp³-hybridized carbons (Fsp3) is 0.448. The number of hydrogen-bond donors (Lipinski definition) is 2. The topological polar surface area (TPSA) is 83.8 Å². The molecule has 0 heterocycles. The Balaban J connectivity index is 2.05. The predicted octanol–water partition coefficient (Wildman–Crippen LogP) is 4.96. The van der Waals surface area contributed by atoms with Gasteiger partial charge in [0.2, 0.25) is 0 Å². The van der Waals surface area contributed by atoms with Gasteiger partial charge in [-0.2, -0.15) is 0 Å². The van der Waals surface area contributed by atoms with Crippen LogP contribution in [-0.4, -0.2) is 35.0 Å². The molecule has 2 aromatic rings. The number of ketones is 2. The molecular formula is C29H34O5. The van der Waals surface area contributed by atoms with E-state index in [1.54, 1.807) is 12.1 Å². The number of benzene rings is 2. The minimum Gasteiger partial charge on any atom is -0.504 e. The molecule has 3 rings (SSSR count). The van der Waals surface area contributed by atoms with Gasteiger partial charge >= 0.3 is 0 Å². The summed E-state index contributed by atoms with van der Waals surface area (Å²) < 4.78 is 5.28. The van der Waals surface area contributed by atoms with Crippen molar-refractivity contribution in [3.63, 3.8) is 0 Å². The second-order valence-corrected chi connectivity index (χ2v) is 8.91. The van der Waals surface area contributed by atoms with E-state index < -0.39 is 23.6 Å².